The Kier molecular flexibility index (Phi) is 8.67. The summed E-state index contributed by atoms with van der Waals surface area (Å²) < 4.78 is 0. The van der Waals surface area contributed by atoms with Gasteiger partial charge in [0.25, 0.3) is 0 Å². The molecule has 0 aromatic carbocycles. The summed E-state index contributed by atoms with van der Waals surface area (Å²) in [6, 6.07) is 0. The maximum atomic E-state index is 8.01. The van der Waals surface area contributed by atoms with Crippen molar-refractivity contribution < 1.29 is 22.2 Å². The van der Waals surface area contributed by atoms with Crippen molar-refractivity contribution in [2.45, 2.75) is 6.23 Å². The predicted octanol–water partition coefficient (Wildman–Crippen LogP) is -1.78. The number of hydrogen-bond acceptors (Lipinski definition) is 3. The molecule has 0 saturated carbocycles. The van der Waals surface area contributed by atoms with E-state index in [1.165, 1.54) is 0 Å². The molecular weight excluding hydrogens is 132 g/mol. The van der Waals surface area contributed by atoms with E-state index in [9.17, 15) is 0 Å². The monoisotopic (exact) mass is 139 g/mol. The first-order valence-corrected chi connectivity index (χ1v) is 1.41. The van der Waals surface area contributed by atoms with Crippen LogP contribution in [-0.4, -0.2) is 17.9 Å². The molecule has 0 spiro atoms. The maximum Gasteiger partial charge on any atom is 0.114 e. The summed E-state index contributed by atoms with van der Waals surface area (Å²) in [4.78, 5) is 0. The summed E-state index contributed by atoms with van der Waals surface area (Å²) in [7, 11) is 0. The molecule has 4 heteroatoms. The Bertz CT molecular complexity index is 25.5. The van der Waals surface area contributed by atoms with Crippen molar-refractivity contribution in [1.29, 1.82) is 0 Å². The zero-order valence-electron chi connectivity index (χ0n) is 3.19. The van der Waals surface area contributed by atoms with Gasteiger partial charge >= 0.3 is 0 Å². The Morgan fingerprint density at radius 2 is 1.83 bits per heavy atom. The molecule has 1 atom stereocenters. The van der Waals surface area contributed by atoms with Gasteiger partial charge in [0.15, 0.2) is 0 Å². The molecule has 0 heterocycles. The average Bonchev–Trinajstić information content (AvgIpc) is 1.38. The van der Waals surface area contributed by atoms with E-state index in [1.54, 1.807) is 0 Å². The molecule has 1 unspecified atom stereocenters. The van der Waals surface area contributed by atoms with E-state index in [0.717, 1.165) is 0 Å². The quantitative estimate of drug-likeness (QED) is 0.297. The molecule has 0 rings (SSSR count). The molecule has 0 amide bonds. The van der Waals surface area contributed by atoms with E-state index in [-0.39, 0.29) is 23.6 Å². The van der Waals surface area contributed by atoms with Crippen LogP contribution in [0, 0.1) is 0 Å². The maximum absolute atomic E-state index is 8.01. The van der Waals surface area contributed by atoms with Gasteiger partial charge in [-0.15, -0.1) is 0 Å². The molecule has 43 valence electrons. The van der Waals surface area contributed by atoms with Crippen molar-refractivity contribution in [3.8, 4) is 0 Å². The van der Waals surface area contributed by atoms with Gasteiger partial charge in [0, 0.05) is 23.6 Å². The first-order valence-electron chi connectivity index (χ1n) is 1.41. The first-order chi connectivity index (χ1) is 2.27. The van der Waals surface area contributed by atoms with Gasteiger partial charge in [-0.05, 0) is 0 Å². The van der Waals surface area contributed by atoms with Gasteiger partial charge in [-0.2, -0.15) is 0 Å². The van der Waals surface area contributed by atoms with Crippen molar-refractivity contribution >= 4 is 0 Å². The van der Waals surface area contributed by atoms with Crippen molar-refractivity contribution in [3.63, 3.8) is 0 Å². The number of rotatable bonds is 1. The minimum Gasteiger partial charge on any atom is -0.377 e. The Morgan fingerprint density at radius 3 is 1.83 bits per heavy atom. The molecule has 0 saturated heterocycles. The fraction of sp³-hybridized carbons (Fsp3) is 1.00. The Hall–Kier alpha value is 0.399. The van der Waals surface area contributed by atoms with E-state index >= 15 is 0 Å². The van der Waals surface area contributed by atoms with E-state index in [4.69, 9.17) is 16.6 Å². The number of nitrogens with two attached hydrogens (primary N) is 2. The summed E-state index contributed by atoms with van der Waals surface area (Å²) in [5.41, 5.74) is 9.52. The molecule has 0 aromatic rings. The van der Waals surface area contributed by atoms with Gasteiger partial charge in [0.1, 0.15) is 6.23 Å². The molecular formula is C2H8CuN2O. The van der Waals surface area contributed by atoms with E-state index in [2.05, 4.69) is 0 Å². The molecule has 0 aromatic heterocycles. The van der Waals surface area contributed by atoms with Crippen LogP contribution in [0.2, 0.25) is 0 Å². The van der Waals surface area contributed by atoms with Gasteiger partial charge < -0.3 is 16.6 Å². The minimum absolute atomic E-state index is 0. The SMILES string of the molecule is NCC(N)O.[Cu]. The normalized spacial score (nSPS) is 12.5. The standard InChI is InChI=1S/C2H8N2O.Cu/c3-1-2(4)5;/h2,5H,1,3-4H2;. The van der Waals surface area contributed by atoms with Crippen molar-refractivity contribution in [2.75, 3.05) is 6.54 Å². The van der Waals surface area contributed by atoms with Gasteiger partial charge in [0.05, 0.1) is 0 Å². The molecule has 0 aliphatic rings. The summed E-state index contributed by atoms with van der Waals surface area (Å²) in [5.74, 6) is 0. The summed E-state index contributed by atoms with van der Waals surface area (Å²) >= 11 is 0. The molecule has 1 radical (unpaired) electrons. The minimum atomic E-state index is -0.838. The molecule has 0 fully saturated rings. The van der Waals surface area contributed by atoms with E-state index < -0.39 is 6.23 Å². The van der Waals surface area contributed by atoms with Crippen LogP contribution in [0.1, 0.15) is 0 Å². The van der Waals surface area contributed by atoms with E-state index in [1.807, 2.05) is 0 Å². The third kappa shape index (κ3) is 8.83. The molecule has 0 aliphatic heterocycles. The topological polar surface area (TPSA) is 72.3 Å². The zero-order chi connectivity index (χ0) is 4.28. The van der Waals surface area contributed by atoms with Crippen molar-refractivity contribution in [3.05, 3.63) is 0 Å². The first kappa shape index (κ1) is 9.64. The Morgan fingerprint density at radius 1 is 1.67 bits per heavy atom. The molecule has 0 bridgehead atoms. The van der Waals surface area contributed by atoms with E-state index in [0.29, 0.717) is 0 Å². The van der Waals surface area contributed by atoms with Crippen LogP contribution < -0.4 is 11.5 Å². The number of aliphatic hydroxyl groups excluding tert-OH is 1. The van der Waals surface area contributed by atoms with Crippen LogP contribution in [-0.2, 0) is 17.1 Å². The molecule has 6 heavy (non-hydrogen) atoms. The summed E-state index contributed by atoms with van der Waals surface area (Å²) in [6.07, 6.45) is -0.838. The number of aliphatic hydroxyl groups is 1. The third-order valence-electron chi connectivity index (χ3n) is 0.241. The third-order valence-corrected chi connectivity index (χ3v) is 0.241. The zero-order valence-corrected chi connectivity index (χ0v) is 4.13. The fourth-order valence-corrected chi connectivity index (χ4v) is 0. The van der Waals surface area contributed by atoms with Crippen LogP contribution in [0.25, 0.3) is 0 Å². The largest absolute Gasteiger partial charge is 0.377 e. The molecule has 3 nitrogen and oxygen atoms in total. The Balaban J connectivity index is 0. The van der Waals surface area contributed by atoms with Crippen LogP contribution in [0.4, 0.5) is 0 Å². The molecule has 0 aliphatic carbocycles. The van der Waals surface area contributed by atoms with Gasteiger partial charge in [-0.1, -0.05) is 0 Å². The second-order valence-electron chi connectivity index (χ2n) is 0.803. The van der Waals surface area contributed by atoms with Gasteiger partial charge in [-0.3, -0.25) is 0 Å². The van der Waals surface area contributed by atoms with Gasteiger partial charge in [0.2, 0.25) is 0 Å². The summed E-state index contributed by atoms with van der Waals surface area (Å²) in [6.45, 7) is 0.139. The van der Waals surface area contributed by atoms with Crippen LogP contribution in [0.3, 0.4) is 0 Å². The smallest absolute Gasteiger partial charge is 0.114 e. The molecule has 5 N–H and O–H groups in total. The number of hydrogen-bond donors (Lipinski definition) is 3. The predicted molar refractivity (Wildman–Crippen MR) is 19.2 cm³/mol. The second kappa shape index (κ2) is 5.40. The summed E-state index contributed by atoms with van der Waals surface area (Å²) in [5, 5.41) is 8.01. The van der Waals surface area contributed by atoms with Crippen LogP contribution in [0.15, 0.2) is 0 Å². The average molecular weight is 140 g/mol. The van der Waals surface area contributed by atoms with Gasteiger partial charge in [-0.25, -0.2) is 0 Å². The second-order valence-corrected chi connectivity index (χ2v) is 0.803. The van der Waals surface area contributed by atoms with Crippen molar-refractivity contribution in [2.24, 2.45) is 11.5 Å². The Labute approximate surface area is 47.2 Å². The fourth-order valence-electron chi connectivity index (χ4n) is 0. The van der Waals surface area contributed by atoms with Crippen LogP contribution >= 0.6 is 0 Å². The van der Waals surface area contributed by atoms with Crippen molar-refractivity contribution in [1.82, 2.24) is 0 Å². The van der Waals surface area contributed by atoms with Crippen LogP contribution in [0.5, 0.6) is 0 Å².